The van der Waals surface area contributed by atoms with E-state index in [1.165, 1.54) is 6.07 Å². The number of methoxy groups -OCH3 is 1. The van der Waals surface area contributed by atoms with Gasteiger partial charge in [-0.3, -0.25) is 0 Å². The van der Waals surface area contributed by atoms with E-state index < -0.39 is 6.04 Å². The molecule has 0 heterocycles. The lowest BCUT2D eigenvalue weighted by Gasteiger charge is -2.25. The topological polar surface area (TPSA) is 55.5 Å². The first kappa shape index (κ1) is 15.0. The summed E-state index contributed by atoms with van der Waals surface area (Å²) >= 11 is 0. The highest BCUT2D eigenvalue weighted by Crippen LogP contribution is 2.37. The average molecular weight is 301 g/mol. The lowest BCUT2D eigenvalue weighted by Crippen LogP contribution is -2.33. The number of fused-ring (bicyclic) bond motifs is 2. The molecule has 0 bridgehead atoms. The third-order valence-electron chi connectivity index (χ3n) is 4.43. The Morgan fingerprint density at radius 1 is 1.18 bits per heavy atom. The van der Waals surface area contributed by atoms with Gasteiger partial charge in [-0.1, -0.05) is 12.1 Å². The summed E-state index contributed by atoms with van der Waals surface area (Å²) in [5.41, 5.74) is 10.4. The molecule has 0 spiro atoms. The zero-order chi connectivity index (χ0) is 15.7. The maximum Gasteiger partial charge on any atom is 0.123 e. The number of aliphatic hydroxyl groups is 1. The van der Waals surface area contributed by atoms with Crippen molar-refractivity contribution in [1.29, 1.82) is 0 Å². The molecule has 0 fully saturated rings. The van der Waals surface area contributed by atoms with Crippen molar-refractivity contribution in [3.63, 3.8) is 0 Å². The van der Waals surface area contributed by atoms with Crippen molar-refractivity contribution < 1.29 is 14.2 Å². The second kappa shape index (κ2) is 6.07. The Morgan fingerprint density at radius 2 is 1.82 bits per heavy atom. The highest BCUT2D eigenvalue weighted by atomic mass is 19.1. The van der Waals surface area contributed by atoms with Gasteiger partial charge in [0.05, 0.1) is 13.7 Å². The van der Waals surface area contributed by atoms with Crippen LogP contribution in [-0.4, -0.2) is 24.9 Å². The molecule has 22 heavy (non-hydrogen) atoms. The van der Waals surface area contributed by atoms with Gasteiger partial charge in [0.1, 0.15) is 11.6 Å². The minimum Gasteiger partial charge on any atom is -0.497 e. The minimum absolute atomic E-state index is 0.118. The van der Waals surface area contributed by atoms with Crippen LogP contribution in [0.2, 0.25) is 0 Å². The molecule has 2 atom stereocenters. The number of aryl methyl sites for hydroxylation is 2. The molecule has 2 aromatic carbocycles. The number of rotatable bonds is 3. The quantitative estimate of drug-likeness (QED) is 0.915. The summed E-state index contributed by atoms with van der Waals surface area (Å²) in [6.07, 6.45) is 1.56. The van der Waals surface area contributed by atoms with E-state index in [1.807, 2.05) is 18.2 Å². The van der Waals surface area contributed by atoms with Crippen LogP contribution in [0.15, 0.2) is 36.4 Å². The van der Waals surface area contributed by atoms with Crippen molar-refractivity contribution >= 4 is 0 Å². The Balaban J connectivity index is 2.17. The van der Waals surface area contributed by atoms with Crippen LogP contribution >= 0.6 is 0 Å². The van der Waals surface area contributed by atoms with E-state index in [-0.39, 0.29) is 18.3 Å². The molecule has 0 aliphatic heterocycles. The molecule has 0 saturated carbocycles. The van der Waals surface area contributed by atoms with Crippen LogP contribution in [0, 0.1) is 5.82 Å². The first-order chi connectivity index (χ1) is 10.6. The maximum atomic E-state index is 13.6. The van der Waals surface area contributed by atoms with E-state index in [9.17, 15) is 9.50 Å². The van der Waals surface area contributed by atoms with E-state index in [2.05, 4.69) is 0 Å². The van der Waals surface area contributed by atoms with Gasteiger partial charge in [0, 0.05) is 12.0 Å². The second-order valence-electron chi connectivity index (χ2n) is 5.73. The Kier molecular flexibility index (Phi) is 4.14. The monoisotopic (exact) mass is 301 g/mol. The molecule has 3 N–H and O–H groups in total. The molecule has 1 aliphatic carbocycles. The minimum atomic E-state index is -0.422. The Labute approximate surface area is 129 Å². The molecule has 0 amide bonds. The SMILES string of the molecule is COc1ccc2c(c1)CCc1cc(F)ccc1C2C(N)CO. The molecule has 4 heteroatoms. The normalized spacial score (nSPS) is 18.1. The second-order valence-corrected chi connectivity index (χ2v) is 5.73. The number of hydrogen-bond acceptors (Lipinski definition) is 3. The van der Waals surface area contributed by atoms with Crippen molar-refractivity contribution in [2.45, 2.75) is 24.8 Å². The van der Waals surface area contributed by atoms with Crippen LogP contribution in [0.4, 0.5) is 4.39 Å². The summed E-state index contributed by atoms with van der Waals surface area (Å²) in [5.74, 6) is 0.426. The average Bonchev–Trinajstić information content (AvgIpc) is 2.70. The molecular weight excluding hydrogens is 281 g/mol. The zero-order valence-electron chi connectivity index (χ0n) is 12.6. The molecule has 2 unspecified atom stereocenters. The number of ether oxygens (including phenoxy) is 1. The van der Waals surface area contributed by atoms with E-state index in [0.717, 1.165) is 40.8 Å². The number of benzene rings is 2. The van der Waals surface area contributed by atoms with Gasteiger partial charge < -0.3 is 15.6 Å². The van der Waals surface area contributed by atoms with E-state index in [4.69, 9.17) is 10.5 Å². The summed E-state index contributed by atoms with van der Waals surface area (Å²) in [6, 6.07) is 10.3. The number of hydrogen-bond donors (Lipinski definition) is 2. The van der Waals surface area contributed by atoms with E-state index in [0.29, 0.717) is 0 Å². The lowest BCUT2D eigenvalue weighted by atomic mass is 9.83. The van der Waals surface area contributed by atoms with Gasteiger partial charge in [-0.05, 0) is 59.4 Å². The van der Waals surface area contributed by atoms with Crippen LogP contribution < -0.4 is 10.5 Å². The summed E-state index contributed by atoms with van der Waals surface area (Å²) in [7, 11) is 1.64. The maximum absolute atomic E-state index is 13.6. The van der Waals surface area contributed by atoms with Gasteiger partial charge in [-0.2, -0.15) is 0 Å². The van der Waals surface area contributed by atoms with Crippen LogP contribution in [0.1, 0.15) is 28.2 Å². The molecule has 0 saturated heterocycles. The first-order valence-corrected chi connectivity index (χ1v) is 7.45. The fourth-order valence-electron chi connectivity index (χ4n) is 3.33. The van der Waals surface area contributed by atoms with Crippen molar-refractivity contribution in [1.82, 2.24) is 0 Å². The number of halogens is 1. The van der Waals surface area contributed by atoms with Gasteiger partial charge in [0.15, 0.2) is 0 Å². The third kappa shape index (κ3) is 2.60. The molecule has 0 radical (unpaired) electrons. The Bertz CT molecular complexity index is 687. The third-order valence-corrected chi connectivity index (χ3v) is 4.43. The van der Waals surface area contributed by atoms with Gasteiger partial charge in [-0.15, -0.1) is 0 Å². The van der Waals surface area contributed by atoms with Gasteiger partial charge in [0.25, 0.3) is 0 Å². The summed E-state index contributed by atoms with van der Waals surface area (Å²) in [5, 5.41) is 9.56. The van der Waals surface area contributed by atoms with E-state index in [1.54, 1.807) is 19.2 Å². The highest BCUT2D eigenvalue weighted by molar-refractivity contribution is 5.48. The van der Waals surface area contributed by atoms with Crippen LogP contribution in [-0.2, 0) is 12.8 Å². The van der Waals surface area contributed by atoms with Crippen LogP contribution in [0.3, 0.4) is 0 Å². The molecule has 3 rings (SSSR count). The fraction of sp³-hybridized carbons (Fsp3) is 0.333. The first-order valence-electron chi connectivity index (χ1n) is 7.45. The van der Waals surface area contributed by atoms with Crippen molar-refractivity contribution in [2.75, 3.05) is 13.7 Å². The predicted octanol–water partition coefficient (Wildman–Crippen LogP) is 2.38. The molecule has 1 aliphatic rings. The molecule has 116 valence electrons. The number of aliphatic hydroxyl groups excluding tert-OH is 1. The van der Waals surface area contributed by atoms with E-state index >= 15 is 0 Å². The summed E-state index contributed by atoms with van der Waals surface area (Å²) in [4.78, 5) is 0. The Morgan fingerprint density at radius 3 is 2.45 bits per heavy atom. The van der Waals surface area contributed by atoms with Crippen LogP contribution in [0.25, 0.3) is 0 Å². The largest absolute Gasteiger partial charge is 0.497 e. The van der Waals surface area contributed by atoms with Crippen molar-refractivity contribution in [3.05, 3.63) is 64.5 Å². The van der Waals surface area contributed by atoms with Gasteiger partial charge in [-0.25, -0.2) is 4.39 Å². The molecule has 3 nitrogen and oxygen atoms in total. The summed E-state index contributed by atoms with van der Waals surface area (Å²) < 4.78 is 18.9. The fourth-order valence-corrected chi connectivity index (χ4v) is 3.33. The molecule has 0 aromatic heterocycles. The molecular formula is C18H20FNO2. The van der Waals surface area contributed by atoms with Gasteiger partial charge >= 0.3 is 0 Å². The van der Waals surface area contributed by atoms with Crippen LogP contribution in [0.5, 0.6) is 5.75 Å². The zero-order valence-corrected chi connectivity index (χ0v) is 12.6. The van der Waals surface area contributed by atoms with Crippen molar-refractivity contribution in [3.8, 4) is 5.75 Å². The smallest absolute Gasteiger partial charge is 0.123 e. The van der Waals surface area contributed by atoms with Crippen molar-refractivity contribution in [2.24, 2.45) is 5.73 Å². The van der Waals surface area contributed by atoms with Gasteiger partial charge in [0.2, 0.25) is 0 Å². The number of nitrogens with two attached hydrogens (primary N) is 1. The Hall–Kier alpha value is -1.91. The lowest BCUT2D eigenvalue weighted by molar-refractivity contribution is 0.256. The molecule has 2 aromatic rings. The summed E-state index contributed by atoms with van der Waals surface area (Å²) in [6.45, 7) is -0.118. The standard InChI is InChI=1S/C18H20FNO2/c1-22-14-5-7-16-12(9-14)3-2-11-8-13(19)4-6-15(11)18(16)17(20)10-21/h4-9,17-18,21H,2-3,10,20H2,1H3. The predicted molar refractivity (Wildman–Crippen MR) is 83.7 cm³/mol. The highest BCUT2D eigenvalue weighted by Gasteiger charge is 2.28.